The van der Waals surface area contributed by atoms with E-state index in [0.717, 1.165) is 13.0 Å². The highest BCUT2D eigenvalue weighted by molar-refractivity contribution is 5.20. The normalized spacial score (nSPS) is 13.7. The maximum Gasteiger partial charge on any atom is 0.129 e. The highest BCUT2D eigenvalue weighted by atomic mass is 19.1. The molecule has 0 aliphatic rings. The maximum absolute atomic E-state index is 13.5. The Kier molecular flexibility index (Phi) is 5.27. The van der Waals surface area contributed by atoms with Gasteiger partial charge in [-0.2, -0.15) is 0 Å². The molecule has 0 saturated carbocycles. The molecule has 1 N–H and O–H groups in total. The Morgan fingerprint density at radius 3 is 2.22 bits per heavy atom. The van der Waals surface area contributed by atoms with E-state index in [2.05, 4.69) is 26.1 Å². The lowest BCUT2D eigenvalue weighted by molar-refractivity contribution is 0.355. The van der Waals surface area contributed by atoms with Crippen LogP contribution in [0, 0.1) is 17.0 Å². The molecule has 1 aromatic carbocycles. The third kappa shape index (κ3) is 5.13. The summed E-state index contributed by atoms with van der Waals surface area (Å²) in [5.41, 5.74) is 0.448. The summed E-state index contributed by atoms with van der Waals surface area (Å²) in [6, 6.07) is 4.07. The summed E-state index contributed by atoms with van der Waals surface area (Å²) in [6.45, 7) is 9.34. The number of nitrogens with one attached hydrogen (secondary N) is 1. The van der Waals surface area contributed by atoms with E-state index in [1.165, 1.54) is 18.2 Å². The predicted molar refractivity (Wildman–Crippen MR) is 71.6 cm³/mol. The summed E-state index contributed by atoms with van der Waals surface area (Å²) >= 11 is 0. The SMILES string of the molecule is CC(Cc1c(F)cccc1F)NCCC(C)(C)C. The molecule has 0 bridgehead atoms. The van der Waals surface area contributed by atoms with Crippen molar-refractivity contribution in [3.05, 3.63) is 35.4 Å². The first-order valence-electron chi connectivity index (χ1n) is 6.46. The number of hydrogen-bond donors (Lipinski definition) is 1. The van der Waals surface area contributed by atoms with Gasteiger partial charge in [-0.05, 0) is 43.9 Å². The van der Waals surface area contributed by atoms with Gasteiger partial charge in [0, 0.05) is 11.6 Å². The Morgan fingerprint density at radius 2 is 1.72 bits per heavy atom. The van der Waals surface area contributed by atoms with Crippen molar-refractivity contribution >= 4 is 0 Å². The summed E-state index contributed by atoms with van der Waals surface area (Å²) < 4.78 is 26.9. The van der Waals surface area contributed by atoms with Crippen molar-refractivity contribution in [2.24, 2.45) is 5.41 Å². The van der Waals surface area contributed by atoms with E-state index in [9.17, 15) is 8.78 Å². The van der Waals surface area contributed by atoms with Gasteiger partial charge in [-0.15, -0.1) is 0 Å². The second-order valence-corrected chi connectivity index (χ2v) is 6.07. The Bertz CT molecular complexity index is 362. The second kappa shape index (κ2) is 6.28. The molecule has 102 valence electrons. The average Bonchev–Trinajstić information content (AvgIpc) is 2.22. The molecule has 18 heavy (non-hydrogen) atoms. The van der Waals surface area contributed by atoms with Crippen LogP contribution in [0.25, 0.3) is 0 Å². The first-order chi connectivity index (χ1) is 8.29. The fourth-order valence-corrected chi connectivity index (χ4v) is 1.80. The van der Waals surface area contributed by atoms with E-state index in [-0.39, 0.29) is 17.0 Å². The van der Waals surface area contributed by atoms with Crippen molar-refractivity contribution in [2.75, 3.05) is 6.54 Å². The molecule has 0 aliphatic carbocycles. The molecule has 0 heterocycles. The third-order valence-electron chi connectivity index (χ3n) is 2.94. The summed E-state index contributed by atoms with van der Waals surface area (Å²) in [4.78, 5) is 0. The fourth-order valence-electron chi connectivity index (χ4n) is 1.80. The lowest BCUT2D eigenvalue weighted by Gasteiger charge is -2.21. The molecule has 0 fully saturated rings. The van der Waals surface area contributed by atoms with Gasteiger partial charge in [0.25, 0.3) is 0 Å². The lowest BCUT2D eigenvalue weighted by atomic mass is 9.92. The largest absolute Gasteiger partial charge is 0.314 e. The van der Waals surface area contributed by atoms with Crippen LogP contribution < -0.4 is 5.32 Å². The monoisotopic (exact) mass is 255 g/mol. The van der Waals surface area contributed by atoms with Crippen LogP contribution in [0.2, 0.25) is 0 Å². The molecule has 1 rings (SSSR count). The minimum Gasteiger partial charge on any atom is -0.314 e. The quantitative estimate of drug-likeness (QED) is 0.841. The number of hydrogen-bond acceptors (Lipinski definition) is 1. The molecule has 1 atom stereocenters. The minimum absolute atomic E-state index is 0.0683. The van der Waals surface area contributed by atoms with E-state index >= 15 is 0 Å². The first-order valence-corrected chi connectivity index (χ1v) is 6.46. The topological polar surface area (TPSA) is 12.0 Å². The zero-order valence-corrected chi connectivity index (χ0v) is 11.7. The standard InChI is InChI=1S/C15H23F2N/c1-11(18-9-8-15(2,3)4)10-12-13(16)6-5-7-14(12)17/h5-7,11,18H,8-10H2,1-4H3. The van der Waals surface area contributed by atoms with Crippen molar-refractivity contribution in [1.82, 2.24) is 5.32 Å². The molecule has 3 heteroatoms. The van der Waals surface area contributed by atoms with Crippen LogP contribution in [0.4, 0.5) is 8.78 Å². The first kappa shape index (κ1) is 15.1. The van der Waals surface area contributed by atoms with Crippen molar-refractivity contribution in [2.45, 2.75) is 46.6 Å². The molecule has 0 radical (unpaired) electrons. The van der Waals surface area contributed by atoms with Gasteiger partial charge < -0.3 is 5.32 Å². The highest BCUT2D eigenvalue weighted by Gasteiger charge is 2.14. The number of halogens is 2. The van der Waals surface area contributed by atoms with Crippen molar-refractivity contribution < 1.29 is 8.78 Å². The molecule has 0 amide bonds. The Hall–Kier alpha value is -0.960. The number of benzene rings is 1. The Balaban J connectivity index is 2.47. The van der Waals surface area contributed by atoms with Gasteiger partial charge in [-0.3, -0.25) is 0 Å². The van der Waals surface area contributed by atoms with Gasteiger partial charge >= 0.3 is 0 Å². The summed E-state index contributed by atoms with van der Waals surface area (Å²) in [7, 11) is 0. The van der Waals surface area contributed by atoms with Crippen LogP contribution in [-0.2, 0) is 6.42 Å². The van der Waals surface area contributed by atoms with Crippen LogP contribution in [0.15, 0.2) is 18.2 Å². The van der Waals surface area contributed by atoms with Gasteiger partial charge in [-0.25, -0.2) is 8.78 Å². The maximum atomic E-state index is 13.5. The molecular formula is C15H23F2N. The molecule has 0 saturated heterocycles. The molecule has 0 aromatic heterocycles. The molecule has 1 nitrogen and oxygen atoms in total. The molecular weight excluding hydrogens is 232 g/mol. The molecule has 1 unspecified atom stereocenters. The van der Waals surface area contributed by atoms with E-state index in [0.29, 0.717) is 6.42 Å². The van der Waals surface area contributed by atoms with Crippen molar-refractivity contribution in [3.63, 3.8) is 0 Å². The van der Waals surface area contributed by atoms with E-state index < -0.39 is 11.6 Å². The zero-order chi connectivity index (χ0) is 13.8. The Morgan fingerprint density at radius 1 is 1.17 bits per heavy atom. The van der Waals surface area contributed by atoms with Crippen molar-refractivity contribution in [3.8, 4) is 0 Å². The van der Waals surface area contributed by atoms with E-state index in [4.69, 9.17) is 0 Å². The lowest BCUT2D eigenvalue weighted by Crippen LogP contribution is -2.31. The van der Waals surface area contributed by atoms with Gasteiger partial charge in [0.1, 0.15) is 11.6 Å². The fraction of sp³-hybridized carbons (Fsp3) is 0.600. The minimum atomic E-state index is -0.459. The van der Waals surface area contributed by atoms with Gasteiger partial charge in [0.2, 0.25) is 0 Å². The summed E-state index contributed by atoms with van der Waals surface area (Å²) in [5.74, 6) is -0.918. The smallest absolute Gasteiger partial charge is 0.129 e. The summed E-state index contributed by atoms with van der Waals surface area (Å²) in [6.07, 6.45) is 1.42. The molecule has 0 aliphatic heterocycles. The van der Waals surface area contributed by atoms with Crippen LogP contribution in [0.5, 0.6) is 0 Å². The van der Waals surface area contributed by atoms with E-state index in [1.54, 1.807) is 0 Å². The highest BCUT2D eigenvalue weighted by Crippen LogP contribution is 2.18. The van der Waals surface area contributed by atoms with Crippen LogP contribution >= 0.6 is 0 Å². The van der Waals surface area contributed by atoms with Crippen LogP contribution in [0.1, 0.15) is 39.7 Å². The second-order valence-electron chi connectivity index (χ2n) is 6.07. The van der Waals surface area contributed by atoms with Gasteiger partial charge in [0.05, 0.1) is 0 Å². The Labute approximate surface area is 109 Å². The molecule has 1 aromatic rings. The van der Waals surface area contributed by atoms with Crippen molar-refractivity contribution in [1.29, 1.82) is 0 Å². The third-order valence-corrected chi connectivity index (χ3v) is 2.94. The van der Waals surface area contributed by atoms with Gasteiger partial charge in [0.15, 0.2) is 0 Å². The zero-order valence-electron chi connectivity index (χ0n) is 11.7. The summed E-state index contributed by atoms with van der Waals surface area (Å²) in [5, 5.41) is 3.31. The van der Waals surface area contributed by atoms with Crippen LogP contribution in [-0.4, -0.2) is 12.6 Å². The van der Waals surface area contributed by atoms with Gasteiger partial charge in [-0.1, -0.05) is 26.8 Å². The average molecular weight is 255 g/mol. The predicted octanol–water partition coefficient (Wildman–Crippen LogP) is 3.92. The van der Waals surface area contributed by atoms with E-state index in [1.807, 2.05) is 6.92 Å². The van der Waals surface area contributed by atoms with Crippen LogP contribution in [0.3, 0.4) is 0 Å². The molecule has 0 spiro atoms. The number of rotatable bonds is 5.